The number of halogens is 1. The minimum atomic E-state index is -4.13. The fourth-order valence-corrected chi connectivity index (χ4v) is 4.73. The predicted octanol–water partition coefficient (Wildman–Crippen LogP) is 5.27. The highest BCUT2D eigenvalue weighted by atomic mass is 35.5. The lowest BCUT2D eigenvalue weighted by Gasteiger charge is -2.22. The number of rotatable bonds is 9. The average Bonchev–Trinajstić information content (AvgIpc) is 3.17. The van der Waals surface area contributed by atoms with Crippen LogP contribution in [0, 0.1) is 29.2 Å². The molecule has 40 heavy (non-hydrogen) atoms. The molecule has 3 rings (SSSR count). The zero-order valence-electron chi connectivity index (χ0n) is 21.1. The molecular formula is C28H22ClN5O5S. The van der Waals surface area contributed by atoms with E-state index in [1.54, 1.807) is 36.4 Å². The molecule has 2 aromatic rings. The van der Waals surface area contributed by atoms with E-state index < -0.39 is 21.8 Å². The number of hydrogen-bond donors (Lipinski definition) is 2. The zero-order chi connectivity index (χ0) is 29.4. The number of fused-ring (bicyclic) bond motifs is 1. The van der Waals surface area contributed by atoms with E-state index in [1.807, 2.05) is 29.0 Å². The van der Waals surface area contributed by atoms with E-state index >= 15 is 0 Å². The summed E-state index contributed by atoms with van der Waals surface area (Å²) >= 11 is 6.19. The van der Waals surface area contributed by atoms with Gasteiger partial charge in [-0.1, -0.05) is 35.9 Å². The molecule has 0 atom stereocenters. The summed E-state index contributed by atoms with van der Waals surface area (Å²) in [4.78, 5) is 18.2. The van der Waals surface area contributed by atoms with Crippen molar-refractivity contribution < 1.29 is 22.9 Å². The summed E-state index contributed by atoms with van der Waals surface area (Å²) in [5, 5.41) is 29.0. The Bertz CT molecular complexity index is 1670. The van der Waals surface area contributed by atoms with Gasteiger partial charge >= 0.3 is 5.97 Å². The SMILES string of the molecule is [C-]#[N+]C(C#N)=C(C(C#N)=CC=CC=C1N(C)c2ccc(Cl)cc2N1CCCS(=O)(=O)O)c1ccc(C(=O)O)cc1. The van der Waals surface area contributed by atoms with Crippen molar-refractivity contribution in [3.63, 3.8) is 0 Å². The number of carboxylic acids is 1. The van der Waals surface area contributed by atoms with Gasteiger partial charge in [-0.3, -0.25) is 4.55 Å². The number of hydrogen-bond acceptors (Lipinski definition) is 7. The summed E-state index contributed by atoms with van der Waals surface area (Å²) < 4.78 is 31.6. The lowest BCUT2D eigenvalue weighted by atomic mass is 9.95. The molecule has 0 saturated carbocycles. The molecular weight excluding hydrogens is 554 g/mol. The Morgan fingerprint density at radius 3 is 2.35 bits per heavy atom. The van der Waals surface area contributed by atoms with Gasteiger partial charge in [-0.15, -0.1) is 0 Å². The topological polar surface area (TPSA) is 150 Å². The Labute approximate surface area is 236 Å². The summed E-state index contributed by atoms with van der Waals surface area (Å²) in [5.74, 6) is -0.872. The van der Waals surface area contributed by atoms with Crippen LogP contribution in [0.25, 0.3) is 10.4 Å². The molecule has 2 aromatic carbocycles. The van der Waals surface area contributed by atoms with Gasteiger partial charge in [0.15, 0.2) is 0 Å². The maximum atomic E-state index is 11.2. The molecule has 0 fully saturated rings. The Kier molecular flexibility index (Phi) is 9.50. The molecule has 202 valence electrons. The number of nitrogens with zero attached hydrogens (tertiary/aromatic N) is 5. The molecule has 0 amide bonds. The highest BCUT2D eigenvalue weighted by Gasteiger charge is 2.28. The zero-order valence-corrected chi connectivity index (χ0v) is 22.7. The molecule has 12 heteroatoms. The van der Waals surface area contributed by atoms with Crippen LogP contribution in [0.5, 0.6) is 0 Å². The van der Waals surface area contributed by atoms with E-state index in [4.69, 9.17) is 27.8 Å². The first-order chi connectivity index (χ1) is 19.0. The summed E-state index contributed by atoms with van der Waals surface area (Å²) in [6.45, 7) is 7.64. The van der Waals surface area contributed by atoms with E-state index in [1.165, 1.54) is 30.3 Å². The summed E-state index contributed by atoms with van der Waals surface area (Å²) in [6, 6.07) is 14.6. The van der Waals surface area contributed by atoms with E-state index in [0.29, 0.717) is 16.4 Å². The van der Waals surface area contributed by atoms with Crippen LogP contribution in [0.4, 0.5) is 11.4 Å². The molecule has 0 aliphatic carbocycles. The highest BCUT2D eigenvalue weighted by Crippen LogP contribution is 2.42. The van der Waals surface area contributed by atoms with Crippen molar-refractivity contribution in [3.8, 4) is 12.1 Å². The molecule has 0 radical (unpaired) electrons. The van der Waals surface area contributed by atoms with E-state index in [2.05, 4.69) is 4.85 Å². The second kappa shape index (κ2) is 12.8. The van der Waals surface area contributed by atoms with Gasteiger partial charge in [0.05, 0.1) is 47.0 Å². The largest absolute Gasteiger partial charge is 0.478 e. The molecule has 0 unspecified atom stereocenters. The third kappa shape index (κ3) is 6.96. The first kappa shape index (κ1) is 29.7. The van der Waals surface area contributed by atoms with Crippen LogP contribution in [0.2, 0.25) is 5.02 Å². The van der Waals surface area contributed by atoms with Gasteiger partial charge in [0.25, 0.3) is 15.8 Å². The molecule has 1 heterocycles. The van der Waals surface area contributed by atoms with Crippen LogP contribution >= 0.6 is 11.6 Å². The Balaban J connectivity index is 1.98. The van der Waals surface area contributed by atoms with E-state index in [9.17, 15) is 23.7 Å². The Morgan fingerprint density at radius 1 is 1.10 bits per heavy atom. The first-order valence-corrected chi connectivity index (χ1v) is 13.6. The number of anilines is 2. The van der Waals surface area contributed by atoms with Gasteiger partial charge in [-0.25, -0.2) is 14.9 Å². The van der Waals surface area contributed by atoms with E-state index in [-0.39, 0.29) is 35.4 Å². The molecule has 0 spiro atoms. The van der Waals surface area contributed by atoms with Crippen LogP contribution in [0.3, 0.4) is 0 Å². The van der Waals surface area contributed by atoms with Gasteiger partial charge in [0, 0.05) is 24.2 Å². The Morgan fingerprint density at radius 2 is 1.77 bits per heavy atom. The summed E-state index contributed by atoms with van der Waals surface area (Å²) in [6.07, 6.45) is 6.51. The second-order valence-electron chi connectivity index (χ2n) is 8.41. The lowest BCUT2D eigenvalue weighted by molar-refractivity contribution is 0.0697. The minimum Gasteiger partial charge on any atom is -0.478 e. The number of benzene rings is 2. The average molecular weight is 576 g/mol. The molecule has 10 nitrogen and oxygen atoms in total. The van der Waals surface area contributed by atoms with Crippen molar-refractivity contribution in [2.24, 2.45) is 0 Å². The monoisotopic (exact) mass is 575 g/mol. The van der Waals surface area contributed by atoms with Crippen molar-refractivity contribution in [2.75, 3.05) is 29.1 Å². The number of nitriles is 2. The van der Waals surface area contributed by atoms with Crippen molar-refractivity contribution in [1.29, 1.82) is 10.5 Å². The quantitative estimate of drug-likeness (QED) is 0.176. The smallest absolute Gasteiger partial charge is 0.335 e. The van der Waals surface area contributed by atoms with Crippen molar-refractivity contribution in [1.82, 2.24) is 0 Å². The maximum Gasteiger partial charge on any atom is 0.335 e. The van der Waals surface area contributed by atoms with Gasteiger partial charge in [-0.2, -0.15) is 13.7 Å². The molecule has 0 aromatic heterocycles. The summed E-state index contributed by atoms with van der Waals surface area (Å²) in [5.41, 5.74) is 1.70. The fraction of sp³-hybridized carbons (Fsp3) is 0.143. The maximum absolute atomic E-state index is 11.2. The third-order valence-corrected chi connectivity index (χ3v) is 6.92. The number of aromatic carboxylic acids is 1. The second-order valence-corrected chi connectivity index (χ2v) is 10.4. The van der Waals surface area contributed by atoms with Gasteiger partial charge in [-0.05, 0) is 54.5 Å². The van der Waals surface area contributed by atoms with E-state index in [0.717, 1.165) is 11.4 Å². The van der Waals surface area contributed by atoms with Gasteiger partial charge in [0.2, 0.25) is 0 Å². The van der Waals surface area contributed by atoms with Crippen LogP contribution in [0.1, 0.15) is 22.3 Å². The van der Waals surface area contributed by atoms with Gasteiger partial charge in [0.1, 0.15) is 5.82 Å². The van der Waals surface area contributed by atoms with Crippen LogP contribution < -0.4 is 9.80 Å². The molecule has 0 bridgehead atoms. The Hall–Kier alpha value is -4.86. The first-order valence-electron chi connectivity index (χ1n) is 11.6. The predicted molar refractivity (Wildman–Crippen MR) is 152 cm³/mol. The molecule has 2 N–H and O–H groups in total. The fourth-order valence-electron chi connectivity index (χ4n) is 4.07. The van der Waals surface area contributed by atoms with Crippen molar-refractivity contribution in [3.05, 3.63) is 111 Å². The van der Waals surface area contributed by atoms with Crippen LogP contribution in [-0.2, 0) is 10.1 Å². The number of carboxylic acid groups (broad SMARTS) is 1. The molecule has 0 saturated heterocycles. The van der Waals surface area contributed by atoms with Crippen LogP contribution in [-0.4, -0.2) is 43.4 Å². The van der Waals surface area contributed by atoms with Crippen LogP contribution in [0.15, 0.2) is 83.9 Å². The molecule has 1 aliphatic heterocycles. The number of carbonyl (C=O) groups is 1. The van der Waals surface area contributed by atoms with Crippen molar-refractivity contribution in [2.45, 2.75) is 6.42 Å². The standard InChI is InChI=1S/C28H22ClN5O5S/c1-32-23(18-31)27(19-8-10-20(11-9-19)28(35)36)21(17-30)6-3-4-7-26-33(2)24-13-12-22(29)16-25(24)34(26)14-5-15-40(37,38)39/h3-4,6-13,16H,5,14-15H2,2H3,(H,35,36)(H,37,38,39). The summed E-state index contributed by atoms with van der Waals surface area (Å²) in [7, 11) is -2.31. The normalized spacial score (nSPS) is 14.9. The third-order valence-electron chi connectivity index (χ3n) is 5.88. The van der Waals surface area contributed by atoms with Crippen molar-refractivity contribution >= 4 is 44.6 Å². The highest BCUT2D eigenvalue weighted by molar-refractivity contribution is 7.85. The number of allylic oxidation sites excluding steroid dienone is 7. The van der Waals surface area contributed by atoms with Gasteiger partial charge < -0.3 is 14.9 Å². The minimum absolute atomic E-state index is 0.0162. The molecule has 1 aliphatic rings. The lowest BCUT2D eigenvalue weighted by Crippen LogP contribution is -2.27.